The zero-order valence-electron chi connectivity index (χ0n) is 20.4. The van der Waals surface area contributed by atoms with Gasteiger partial charge >= 0.3 is 6.09 Å². The average molecular weight is 498 g/mol. The van der Waals surface area contributed by atoms with Crippen LogP contribution in [-0.4, -0.2) is 40.5 Å². The van der Waals surface area contributed by atoms with E-state index in [0.29, 0.717) is 42.7 Å². The molecule has 1 saturated heterocycles. The number of ether oxygens (including phenoxy) is 2. The highest BCUT2D eigenvalue weighted by atomic mass is 16.6. The molecule has 37 heavy (non-hydrogen) atoms. The predicted octanol–water partition coefficient (Wildman–Crippen LogP) is 5.11. The molecule has 8 nitrogen and oxygen atoms in total. The average Bonchev–Trinajstić information content (AvgIpc) is 3.56. The van der Waals surface area contributed by atoms with Gasteiger partial charge < -0.3 is 23.7 Å². The second-order valence-corrected chi connectivity index (χ2v) is 9.17. The number of carbonyl (C=O) groups excluding carboxylic acids is 2. The SMILES string of the molecule is Cc1ccc(-c2nc(COc3cccc(C[C@@H]4CN(C(=O)Oc5ccccc5)C[C@@H]4C=O)c3)no2)cc1. The van der Waals surface area contributed by atoms with Crippen LogP contribution >= 0.6 is 0 Å². The lowest BCUT2D eigenvalue weighted by atomic mass is 9.91. The van der Waals surface area contributed by atoms with Gasteiger partial charge in [-0.1, -0.05) is 53.2 Å². The molecule has 1 aromatic heterocycles. The lowest BCUT2D eigenvalue weighted by Crippen LogP contribution is -2.32. The molecule has 0 bridgehead atoms. The van der Waals surface area contributed by atoms with E-state index in [1.165, 1.54) is 0 Å². The number of aldehydes is 1. The topological polar surface area (TPSA) is 94.8 Å². The molecule has 0 aliphatic carbocycles. The number of aryl methyl sites for hydroxylation is 1. The Kier molecular flexibility index (Phi) is 7.26. The Balaban J connectivity index is 1.18. The maximum absolute atomic E-state index is 12.6. The number of aromatic nitrogens is 2. The molecule has 1 aliphatic heterocycles. The molecule has 5 rings (SSSR count). The van der Waals surface area contributed by atoms with Crippen molar-refractivity contribution in [3.63, 3.8) is 0 Å². The third-order valence-corrected chi connectivity index (χ3v) is 6.40. The van der Waals surface area contributed by atoms with Crippen molar-refractivity contribution in [1.29, 1.82) is 0 Å². The maximum Gasteiger partial charge on any atom is 0.415 e. The molecule has 2 heterocycles. The Morgan fingerprint density at radius 1 is 1.03 bits per heavy atom. The second-order valence-electron chi connectivity index (χ2n) is 9.17. The van der Waals surface area contributed by atoms with E-state index in [1.54, 1.807) is 29.2 Å². The minimum atomic E-state index is -0.442. The fraction of sp³-hybridized carbons (Fsp3) is 0.241. The van der Waals surface area contributed by atoms with Crippen molar-refractivity contribution >= 4 is 12.4 Å². The number of carbonyl (C=O) groups is 2. The Bertz CT molecular complexity index is 1350. The van der Waals surface area contributed by atoms with Crippen molar-refractivity contribution in [3.05, 3.63) is 95.8 Å². The molecule has 1 aliphatic rings. The Labute approximate surface area is 214 Å². The fourth-order valence-corrected chi connectivity index (χ4v) is 4.41. The van der Waals surface area contributed by atoms with Crippen LogP contribution in [0.4, 0.5) is 4.79 Å². The second kappa shape index (κ2) is 11.1. The van der Waals surface area contributed by atoms with Gasteiger partial charge in [-0.15, -0.1) is 0 Å². The molecule has 0 saturated carbocycles. The highest BCUT2D eigenvalue weighted by Gasteiger charge is 2.36. The molecule has 0 spiro atoms. The predicted molar refractivity (Wildman–Crippen MR) is 136 cm³/mol. The van der Waals surface area contributed by atoms with Gasteiger partial charge in [-0.3, -0.25) is 0 Å². The monoisotopic (exact) mass is 497 g/mol. The lowest BCUT2D eigenvalue weighted by Gasteiger charge is -2.16. The Hall–Kier alpha value is -4.46. The summed E-state index contributed by atoms with van der Waals surface area (Å²) in [5, 5.41) is 4.01. The van der Waals surface area contributed by atoms with Crippen LogP contribution in [0.15, 0.2) is 83.4 Å². The normalized spacial score (nSPS) is 16.9. The standard InChI is InChI=1S/C29H27N3O5/c1-20-10-12-22(13-11-20)28-30-27(31-37-28)19-35-26-9-5-6-21(15-26)14-23-16-32(17-24(23)18-33)29(34)36-25-7-3-2-4-8-25/h2-13,15,18,23-24H,14,16-17,19H2,1H3/t23-,24-/m1/s1. The molecule has 8 heteroatoms. The fourth-order valence-electron chi connectivity index (χ4n) is 4.41. The summed E-state index contributed by atoms with van der Waals surface area (Å²) >= 11 is 0. The number of hydrogen-bond acceptors (Lipinski definition) is 7. The van der Waals surface area contributed by atoms with Gasteiger partial charge in [-0.05, 0) is 61.2 Å². The molecule has 1 amide bonds. The zero-order valence-corrected chi connectivity index (χ0v) is 20.4. The van der Waals surface area contributed by atoms with Crippen molar-refractivity contribution < 1.29 is 23.6 Å². The van der Waals surface area contributed by atoms with Gasteiger partial charge in [-0.25, -0.2) is 4.79 Å². The zero-order chi connectivity index (χ0) is 25.6. The summed E-state index contributed by atoms with van der Waals surface area (Å²) in [4.78, 5) is 30.4. The molecule has 4 aromatic rings. The number of likely N-dealkylation sites (tertiary alicyclic amines) is 1. The first-order valence-electron chi connectivity index (χ1n) is 12.2. The summed E-state index contributed by atoms with van der Waals surface area (Å²) in [5.74, 6) is 1.78. The van der Waals surface area contributed by atoms with Crippen molar-refractivity contribution in [2.45, 2.75) is 20.0 Å². The van der Waals surface area contributed by atoms with Crippen LogP contribution in [-0.2, 0) is 17.8 Å². The molecular weight excluding hydrogens is 470 g/mol. The summed E-state index contributed by atoms with van der Waals surface area (Å²) in [5.41, 5.74) is 3.03. The van der Waals surface area contributed by atoms with Crippen LogP contribution < -0.4 is 9.47 Å². The van der Waals surface area contributed by atoms with Crippen molar-refractivity contribution in [2.75, 3.05) is 13.1 Å². The van der Waals surface area contributed by atoms with Gasteiger partial charge in [0, 0.05) is 24.6 Å². The van der Waals surface area contributed by atoms with Gasteiger partial charge in [0.25, 0.3) is 5.89 Å². The minimum absolute atomic E-state index is 0.00894. The van der Waals surface area contributed by atoms with Gasteiger partial charge in [0.1, 0.15) is 17.8 Å². The van der Waals surface area contributed by atoms with Crippen LogP contribution in [0, 0.1) is 18.8 Å². The summed E-state index contributed by atoms with van der Waals surface area (Å²) < 4.78 is 16.7. The largest absolute Gasteiger partial charge is 0.485 e. The molecule has 0 N–H and O–H groups in total. The molecular formula is C29H27N3O5. The number of para-hydroxylation sites is 1. The summed E-state index contributed by atoms with van der Waals surface area (Å²) in [6.07, 6.45) is 1.13. The lowest BCUT2D eigenvalue weighted by molar-refractivity contribution is -0.111. The highest BCUT2D eigenvalue weighted by molar-refractivity contribution is 5.72. The first kappa shape index (κ1) is 24.2. The van der Waals surface area contributed by atoms with E-state index in [-0.39, 0.29) is 18.4 Å². The number of hydrogen-bond donors (Lipinski definition) is 0. The summed E-state index contributed by atoms with van der Waals surface area (Å²) in [6.45, 7) is 2.98. The van der Waals surface area contributed by atoms with E-state index >= 15 is 0 Å². The van der Waals surface area contributed by atoms with E-state index in [0.717, 1.165) is 23.0 Å². The molecule has 3 aromatic carbocycles. The van der Waals surface area contributed by atoms with E-state index < -0.39 is 6.09 Å². The molecule has 0 radical (unpaired) electrons. The molecule has 0 unspecified atom stereocenters. The molecule has 1 fully saturated rings. The van der Waals surface area contributed by atoms with Gasteiger partial charge in [0.05, 0.1) is 0 Å². The molecule has 2 atom stereocenters. The maximum atomic E-state index is 12.6. The van der Waals surface area contributed by atoms with Crippen LogP contribution in [0.2, 0.25) is 0 Å². The third kappa shape index (κ3) is 6.03. The smallest absolute Gasteiger partial charge is 0.415 e. The van der Waals surface area contributed by atoms with E-state index in [1.807, 2.05) is 61.5 Å². The highest BCUT2D eigenvalue weighted by Crippen LogP contribution is 2.28. The van der Waals surface area contributed by atoms with Gasteiger partial charge in [-0.2, -0.15) is 4.98 Å². The number of benzene rings is 3. The van der Waals surface area contributed by atoms with Crippen LogP contribution in [0.25, 0.3) is 11.5 Å². The van der Waals surface area contributed by atoms with Crippen LogP contribution in [0.3, 0.4) is 0 Å². The van der Waals surface area contributed by atoms with Crippen molar-refractivity contribution in [3.8, 4) is 23.0 Å². The first-order valence-corrected chi connectivity index (χ1v) is 12.2. The van der Waals surface area contributed by atoms with Crippen molar-refractivity contribution in [1.82, 2.24) is 15.0 Å². The Morgan fingerprint density at radius 3 is 2.59 bits per heavy atom. The van der Waals surface area contributed by atoms with Crippen LogP contribution in [0.1, 0.15) is 17.0 Å². The molecule has 188 valence electrons. The van der Waals surface area contributed by atoms with E-state index in [9.17, 15) is 9.59 Å². The third-order valence-electron chi connectivity index (χ3n) is 6.40. The van der Waals surface area contributed by atoms with Crippen molar-refractivity contribution in [2.24, 2.45) is 11.8 Å². The number of amides is 1. The number of nitrogens with zero attached hydrogens (tertiary/aromatic N) is 3. The van der Waals surface area contributed by atoms with Gasteiger partial charge in [0.15, 0.2) is 6.61 Å². The quantitative estimate of drug-likeness (QED) is 0.312. The minimum Gasteiger partial charge on any atom is -0.485 e. The van der Waals surface area contributed by atoms with Gasteiger partial charge in [0.2, 0.25) is 5.82 Å². The summed E-state index contributed by atoms with van der Waals surface area (Å²) in [6, 6.07) is 24.5. The number of rotatable bonds is 8. The van der Waals surface area contributed by atoms with E-state index in [2.05, 4.69) is 10.1 Å². The van der Waals surface area contributed by atoms with Crippen LogP contribution in [0.5, 0.6) is 11.5 Å². The summed E-state index contributed by atoms with van der Waals surface area (Å²) in [7, 11) is 0. The Morgan fingerprint density at radius 2 is 1.81 bits per heavy atom. The van der Waals surface area contributed by atoms with E-state index in [4.69, 9.17) is 14.0 Å². The first-order chi connectivity index (χ1) is 18.1.